The van der Waals surface area contributed by atoms with E-state index in [4.69, 9.17) is 14.2 Å². The molecule has 0 saturated carbocycles. The van der Waals surface area contributed by atoms with Crippen molar-refractivity contribution >= 4 is 23.0 Å². The third-order valence-corrected chi connectivity index (χ3v) is 4.18. The molecule has 0 atom stereocenters. The molecule has 0 saturated heterocycles. The Kier molecular flexibility index (Phi) is 5.92. The average Bonchev–Trinajstić information content (AvgIpc) is 2.72. The molecule has 0 bridgehead atoms. The van der Waals surface area contributed by atoms with Gasteiger partial charge in [-0.3, -0.25) is 0 Å². The molecular weight excluding hydrogens is 376 g/mol. The molecule has 2 aromatic carbocycles. The van der Waals surface area contributed by atoms with Gasteiger partial charge in [-0.15, -0.1) is 0 Å². The second kappa shape index (κ2) is 8.55. The van der Waals surface area contributed by atoms with Crippen LogP contribution in [0.1, 0.15) is 39.0 Å². The molecule has 0 radical (unpaired) electrons. The van der Waals surface area contributed by atoms with Gasteiger partial charge in [-0.05, 0) is 38.1 Å². The number of ether oxygens (including phenoxy) is 3. The fraction of sp³-hybridized carbons (Fsp3) is 0.238. The van der Waals surface area contributed by atoms with Gasteiger partial charge >= 0.3 is 17.6 Å². The summed E-state index contributed by atoms with van der Waals surface area (Å²) >= 11 is 0. The van der Waals surface area contributed by atoms with Crippen LogP contribution >= 0.6 is 0 Å². The Balaban J connectivity index is 1.98. The lowest BCUT2D eigenvalue weighted by atomic mass is 10.1. The Morgan fingerprint density at radius 1 is 1.14 bits per heavy atom. The smallest absolute Gasteiger partial charge is 0.406 e. The average molecular weight is 396 g/mol. The van der Waals surface area contributed by atoms with E-state index in [0.717, 1.165) is 12.7 Å². The molecule has 29 heavy (non-hydrogen) atoms. The maximum atomic E-state index is 12.8. The van der Waals surface area contributed by atoms with Crippen molar-refractivity contribution in [1.29, 1.82) is 0 Å². The van der Waals surface area contributed by atoms with Gasteiger partial charge in [0, 0.05) is 0 Å². The Hall–Kier alpha value is -3.68. The van der Waals surface area contributed by atoms with Crippen molar-refractivity contribution in [3.63, 3.8) is 0 Å². The molecule has 3 aromatic rings. The van der Waals surface area contributed by atoms with Crippen LogP contribution in [0.25, 0.3) is 11.0 Å². The van der Waals surface area contributed by atoms with Crippen LogP contribution in [0, 0.1) is 12.1 Å². The summed E-state index contributed by atoms with van der Waals surface area (Å²) in [6.07, 6.45) is 0. The van der Waals surface area contributed by atoms with Gasteiger partial charge in [0.2, 0.25) is 5.52 Å². The fourth-order valence-electron chi connectivity index (χ4n) is 2.84. The minimum Gasteiger partial charge on any atom is -0.618 e. The molecule has 1 heterocycles. The third-order valence-electron chi connectivity index (χ3n) is 4.18. The van der Waals surface area contributed by atoms with Gasteiger partial charge in [0.15, 0.2) is 5.69 Å². The zero-order chi connectivity index (χ0) is 21.0. The third kappa shape index (κ3) is 4.26. The summed E-state index contributed by atoms with van der Waals surface area (Å²) in [5.74, 6) is -0.991. The number of rotatable bonds is 6. The van der Waals surface area contributed by atoms with E-state index < -0.39 is 11.9 Å². The highest BCUT2D eigenvalue weighted by Gasteiger charge is 2.28. The van der Waals surface area contributed by atoms with E-state index in [0.29, 0.717) is 28.2 Å². The molecule has 0 aliphatic carbocycles. The van der Waals surface area contributed by atoms with E-state index in [1.165, 1.54) is 6.07 Å². The van der Waals surface area contributed by atoms with Crippen molar-refractivity contribution in [2.75, 3.05) is 13.7 Å². The zero-order valence-electron chi connectivity index (χ0n) is 16.3. The molecule has 0 N–H and O–H groups in total. The first-order chi connectivity index (χ1) is 13.9. The standard InChI is InChI=1S/C21H20N2O6/c1-4-28-15-8-9-16-18(11-15)23(26)19(21(25)27-3)17(22-16)12-29-20(24)14-7-5-6-13(2)10-14/h5-11H,4,12H2,1-3H3. The normalized spacial score (nSPS) is 10.6. The van der Waals surface area contributed by atoms with Crippen LogP contribution in [0.3, 0.4) is 0 Å². The first kappa shape index (κ1) is 20.1. The molecule has 0 fully saturated rings. The maximum Gasteiger partial charge on any atom is 0.406 e. The number of methoxy groups -OCH3 is 1. The van der Waals surface area contributed by atoms with Gasteiger partial charge in [0.1, 0.15) is 17.9 Å². The number of fused-ring (bicyclic) bond motifs is 1. The Morgan fingerprint density at radius 3 is 2.62 bits per heavy atom. The quantitative estimate of drug-likeness (QED) is 0.359. The molecule has 8 heteroatoms. The highest BCUT2D eigenvalue weighted by Crippen LogP contribution is 2.20. The zero-order valence-corrected chi connectivity index (χ0v) is 16.3. The lowest BCUT2D eigenvalue weighted by Gasteiger charge is -2.12. The number of hydrogen-bond acceptors (Lipinski definition) is 7. The minimum absolute atomic E-state index is 0.00418. The monoisotopic (exact) mass is 396 g/mol. The fourth-order valence-corrected chi connectivity index (χ4v) is 2.84. The Bertz CT molecular complexity index is 1080. The van der Waals surface area contributed by atoms with Crippen LogP contribution in [0.15, 0.2) is 42.5 Å². The van der Waals surface area contributed by atoms with Gasteiger partial charge in [-0.25, -0.2) is 14.6 Å². The van der Waals surface area contributed by atoms with E-state index in [9.17, 15) is 14.8 Å². The Labute approximate surface area is 167 Å². The molecule has 0 aliphatic rings. The van der Waals surface area contributed by atoms with Crippen molar-refractivity contribution < 1.29 is 28.5 Å². The second-order valence-corrected chi connectivity index (χ2v) is 6.22. The molecule has 150 valence electrons. The highest BCUT2D eigenvalue weighted by atomic mass is 16.5. The molecule has 0 amide bonds. The van der Waals surface area contributed by atoms with Crippen LogP contribution in [0.4, 0.5) is 0 Å². The Morgan fingerprint density at radius 2 is 1.93 bits per heavy atom. The summed E-state index contributed by atoms with van der Waals surface area (Å²) in [4.78, 5) is 28.9. The van der Waals surface area contributed by atoms with Gasteiger partial charge in [-0.1, -0.05) is 17.7 Å². The molecule has 1 aromatic heterocycles. The molecule has 0 spiro atoms. The van der Waals surface area contributed by atoms with Crippen molar-refractivity contribution in [3.05, 3.63) is 70.2 Å². The minimum atomic E-state index is -0.877. The number of nitrogens with zero attached hydrogens (tertiary/aromatic N) is 2. The van der Waals surface area contributed by atoms with Crippen LogP contribution in [-0.2, 0) is 16.1 Å². The van der Waals surface area contributed by atoms with E-state index in [2.05, 4.69) is 4.98 Å². The van der Waals surface area contributed by atoms with E-state index in [1.807, 2.05) is 19.9 Å². The predicted molar refractivity (Wildman–Crippen MR) is 104 cm³/mol. The summed E-state index contributed by atoms with van der Waals surface area (Å²) in [5.41, 5.74) is 1.40. The molecule has 0 unspecified atom stereocenters. The van der Waals surface area contributed by atoms with Gasteiger partial charge < -0.3 is 19.4 Å². The van der Waals surface area contributed by atoms with Crippen LogP contribution in [-0.4, -0.2) is 30.6 Å². The number of carbonyl (C=O) groups is 2. The number of aryl methyl sites for hydroxylation is 1. The highest BCUT2D eigenvalue weighted by molar-refractivity contribution is 5.90. The largest absolute Gasteiger partial charge is 0.618 e. The van der Waals surface area contributed by atoms with Crippen LogP contribution < -0.4 is 9.47 Å². The lowest BCUT2D eigenvalue weighted by Crippen LogP contribution is -2.38. The summed E-state index contributed by atoms with van der Waals surface area (Å²) in [7, 11) is 1.16. The summed E-state index contributed by atoms with van der Waals surface area (Å²) in [6, 6.07) is 11.7. The topological polar surface area (TPSA) is 102 Å². The first-order valence-electron chi connectivity index (χ1n) is 8.95. The van der Waals surface area contributed by atoms with E-state index >= 15 is 0 Å². The maximum absolute atomic E-state index is 12.8. The molecular formula is C21H20N2O6. The van der Waals surface area contributed by atoms with Gasteiger partial charge in [0.25, 0.3) is 0 Å². The SMILES string of the molecule is CCOc1ccc2nc(COC(=O)c3cccc(C)c3)c(C(=O)OC)[n+]([O-])c2c1. The van der Waals surface area contributed by atoms with Gasteiger partial charge in [0.05, 0.1) is 25.3 Å². The van der Waals surface area contributed by atoms with Crippen LogP contribution in [0.2, 0.25) is 0 Å². The van der Waals surface area contributed by atoms with Crippen molar-refractivity contribution in [3.8, 4) is 5.75 Å². The molecule has 3 rings (SSSR count). The lowest BCUT2D eigenvalue weighted by molar-refractivity contribution is -0.581. The number of benzene rings is 2. The molecule has 8 nitrogen and oxygen atoms in total. The van der Waals surface area contributed by atoms with Crippen molar-refractivity contribution in [1.82, 2.24) is 4.98 Å². The van der Waals surface area contributed by atoms with E-state index in [1.54, 1.807) is 30.3 Å². The number of esters is 2. The number of hydrogen-bond donors (Lipinski definition) is 0. The summed E-state index contributed by atoms with van der Waals surface area (Å²) < 4.78 is 15.8. The van der Waals surface area contributed by atoms with Crippen molar-refractivity contribution in [2.45, 2.75) is 20.5 Å². The summed E-state index contributed by atoms with van der Waals surface area (Å²) in [6.45, 7) is 3.74. The predicted octanol–water partition coefficient (Wildman–Crippen LogP) is 2.72. The van der Waals surface area contributed by atoms with Crippen molar-refractivity contribution in [2.24, 2.45) is 0 Å². The first-order valence-corrected chi connectivity index (χ1v) is 8.95. The van der Waals surface area contributed by atoms with Crippen LogP contribution in [0.5, 0.6) is 5.75 Å². The number of aromatic nitrogens is 2. The van der Waals surface area contributed by atoms with E-state index in [-0.39, 0.29) is 23.5 Å². The summed E-state index contributed by atoms with van der Waals surface area (Å²) in [5, 5.41) is 12.8. The number of carbonyl (C=O) groups excluding carboxylic acids is 2. The molecule has 0 aliphatic heterocycles. The second-order valence-electron chi connectivity index (χ2n) is 6.22. The van der Waals surface area contributed by atoms with Gasteiger partial charge in [-0.2, -0.15) is 4.73 Å².